The van der Waals surface area contributed by atoms with E-state index in [0.717, 1.165) is 17.8 Å². The predicted molar refractivity (Wildman–Crippen MR) is 71.8 cm³/mol. The summed E-state index contributed by atoms with van der Waals surface area (Å²) in [7, 11) is 2.10. The first kappa shape index (κ1) is 12.1. The lowest BCUT2D eigenvalue weighted by atomic mass is 9.73. The second kappa shape index (κ2) is 5.33. The van der Waals surface area contributed by atoms with Gasteiger partial charge in [0.2, 0.25) is 0 Å². The lowest BCUT2D eigenvalue weighted by Gasteiger charge is -2.36. The smallest absolute Gasteiger partial charge is 0.0354 e. The van der Waals surface area contributed by atoms with Gasteiger partial charge in [0, 0.05) is 6.04 Å². The zero-order chi connectivity index (χ0) is 11.5. The number of hydrogen-bond donors (Lipinski definition) is 1. The third-order valence-corrected chi connectivity index (χ3v) is 4.60. The number of hydrogen-bond acceptors (Lipinski definition) is 2. The van der Waals surface area contributed by atoms with E-state index in [9.17, 15) is 0 Å². The van der Waals surface area contributed by atoms with Crippen molar-refractivity contribution >= 4 is 11.3 Å². The molecule has 16 heavy (non-hydrogen) atoms. The molecule has 0 aliphatic heterocycles. The van der Waals surface area contributed by atoms with Crippen molar-refractivity contribution < 1.29 is 0 Å². The summed E-state index contributed by atoms with van der Waals surface area (Å²) >= 11 is 1.81. The van der Waals surface area contributed by atoms with Crippen molar-refractivity contribution in [3.8, 4) is 0 Å². The van der Waals surface area contributed by atoms with Gasteiger partial charge in [0.25, 0.3) is 0 Å². The highest BCUT2D eigenvalue weighted by Crippen LogP contribution is 2.39. The summed E-state index contributed by atoms with van der Waals surface area (Å²) in [6, 6.07) is 2.84. The van der Waals surface area contributed by atoms with Gasteiger partial charge in [-0.05, 0) is 66.5 Å². The average Bonchev–Trinajstić information content (AvgIpc) is 2.70. The zero-order valence-corrected chi connectivity index (χ0v) is 11.4. The molecule has 1 aliphatic rings. The van der Waals surface area contributed by atoms with Gasteiger partial charge in [-0.3, -0.25) is 0 Å². The van der Waals surface area contributed by atoms with E-state index in [1.807, 2.05) is 11.3 Å². The van der Waals surface area contributed by atoms with Crippen LogP contribution in [0.4, 0.5) is 0 Å². The standard InChI is InChI=1S/C14H23NS/c1-10-6-11(2)8-13(7-10)14(15-3)12-4-5-16-9-12/h4-5,9-11,13-15H,6-8H2,1-3H3. The van der Waals surface area contributed by atoms with Gasteiger partial charge < -0.3 is 5.32 Å². The average molecular weight is 237 g/mol. The first-order chi connectivity index (χ1) is 7.70. The van der Waals surface area contributed by atoms with Crippen LogP contribution < -0.4 is 5.32 Å². The lowest BCUT2D eigenvalue weighted by molar-refractivity contribution is 0.181. The van der Waals surface area contributed by atoms with Crippen molar-refractivity contribution in [2.45, 2.75) is 39.2 Å². The molecule has 1 nitrogen and oxygen atoms in total. The molecule has 0 radical (unpaired) electrons. The molecule has 1 aliphatic carbocycles. The monoisotopic (exact) mass is 237 g/mol. The van der Waals surface area contributed by atoms with Crippen molar-refractivity contribution in [2.24, 2.45) is 17.8 Å². The van der Waals surface area contributed by atoms with Crippen LogP contribution in [0.15, 0.2) is 16.8 Å². The molecular weight excluding hydrogens is 214 g/mol. The molecule has 3 atom stereocenters. The van der Waals surface area contributed by atoms with Crippen LogP contribution >= 0.6 is 11.3 Å². The van der Waals surface area contributed by atoms with Crippen LogP contribution in [0.5, 0.6) is 0 Å². The fourth-order valence-electron chi connectivity index (χ4n) is 3.41. The molecule has 0 saturated heterocycles. The minimum atomic E-state index is 0.566. The predicted octanol–water partition coefficient (Wildman–Crippen LogP) is 4.08. The summed E-state index contributed by atoms with van der Waals surface area (Å²) in [5.41, 5.74) is 1.49. The molecule has 1 fully saturated rings. The normalized spacial score (nSPS) is 32.6. The largest absolute Gasteiger partial charge is 0.313 e. The second-order valence-corrected chi connectivity index (χ2v) is 6.28. The SMILES string of the molecule is CNC(c1ccsc1)C1CC(C)CC(C)C1. The number of nitrogens with one attached hydrogen (secondary N) is 1. The van der Waals surface area contributed by atoms with Crippen LogP contribution in [0.2, 0.25) is 0 Å². The summed E-state index contributed by atoms with van der Waals surface area (Å²) in [6.45, 7) is 4.81. The van der Waals surface area contributed by atoms with Crippen molar-refractivity contribution in [2.75, 3.05) is 7.05 Å². The van der Waals surface area contributed by atoms with Crippen LogP contribution in [0.25, 0.3) is 0 Å². The molecule has 90 valence electrons. The van der Waals surface area contributed by atoms with E-state index in [0.29, 0.717) is 6.04 Å². The molecule has 1 aromatic rings. The highest BCUT2D eigenvalue weighted by atomic mass is 32.1. The van der Waals surface area contributed by atoms with Crippen LogP contribution in [-0.4, -0.2) is 7.05 Å². The molecule has 1 saturated carbocycles. The van der Waals surface area contributed by atoms with E-state index < -0.39 is 0 Å². The molecule has 1 heterocycles. The number of rotatable bonds is 3. The molecular formula is C14H23NS. The highest BCUT2D eigenvalue weighted by Gasteiger charge is 2.30. The van der Waals surface area contributed by atoms with Gasteiger partial charge in [-0.1, -0.05) is 13.8 Å². The highest BCUT2D eigenvalue weighted by molar-refractivity contribution is 7.07. The van der Waals surface area contributed by atoms with Gasteiger partial charge in [0.1, 0.15) is 0 Å². The first-order valence-electron chi connectivity index (χ1n) is 6.40. The van der Waals surface area contributed by atoms with E-state index in [1.165, 1.54) is 24.8 Å². The van der Waals surface area contributed by atoms with Gasteiger partial charge in [0.05, 0.1) is 0 Å². The summed E-state index contributed by atoms with van der Waals surface area (Å²) in [5.74, 6) is 2.60. The Morgan fingerprint density at radius 3 is 2.44 bits per heavy atom. The molecule has 0 aromatic carbocycles. The van der Waals surface area contributed by atoms with Crippen LogP contribution in [-0.2, 0) is 0 Å². The first-order valence-corrected chi connectivity index (χ1v) is 7.34. The quantitative estimate of drug-likeness (QED) is 0.835. The Bertz CT molecular complexity index is 297. The Labute approximate surface area is 103 Å². The zero-order valence-electron chi connectivity index (χ0n) is 10.6. The van der Waals surface area contributed by atoms with E-state index >= 15 is 0 Å². The summed E-state index contributed by atoms with van der Waals surface area (Å²) in [4.78, 5) is 0. The van der Waals surface area contributed by atoms with E-state index in [-0.39, 0.29) is 0 Å². The van der Waals surface area contributed by atoms with Crippen LogP contribution in [0, 0.1) is 17.8 Å². The Balaban J connectivity index is 2.09. The van der Waals surface area contributed by atoms with Crippen LogP contribution in [0.3, 0.4) is 0 Å². The molecule has 1 aromatic heterocycles. The van der Waals surface area contributed by atoms with E-state index in [4.69, 9.17) is 0 Å². The van der Waals surface area contributed by atoms with E-state index in [1.54, 1.807) is 0 Å². The number of thiophene rings is 1. The third-order valence-electron chi connectivity index (χ3n) is 3.90. The van der Waals surface area contributed by atoms with Gasteiger partial charge in [0.15, 0.2) is 0 Å². The van der Waals surface area contributed by atoms with Gasteiger partial charge in [-0.25, -0.2) is 0 Å². The molecule has 0 bridgehead atoms. The maximum absolute atomic E-state index is 3.52. The molecule has 0 spiro atoms. The molecule has 2 rings (SSSR count). The Morgan fingerprint density at radius 2 is 1.94 bits per heavy atom. The second-order valence-electron chi connectivity index (χ2n) is 5.50. The Kier molecular flexibility index (Phi) is 4.04. The Hall–Kier alpha value is -0.340. The van der Waals surface area contributed by atoms with Crippen molar-refractivity contribution in [1.29, 1.82) is 0 Å². The maximum Gasteiger partial charge on any atom is 0.0354 e. The summed E-state index contributed by atoms with van der Waals surface area (Å²) < 4.78 is 0. The van der Waals surface area contributed by atoms with Gasteiger partial charge in [-0.2, -0.15) is 11.3 Å². The van der Waals surface area contributed by atoms with Crippen LogP contribution in [0.1, 0.15) is 44.7 Å². The third kappa shape index (κ3) is 2.67. The fourth-order valence-corrected chi connectivity index (χ4v) is 4.10. The lowest BCUT2D eigenvalue weighted by Crippen LogP contribution is -2.31. The van der Waals surface area contributed by atoms with Crippen molar-refractivity contribution in [3.63, 3.8) is 0 Å². The summed E-state index contributed by atoms with van der Waals surface area (Å²) in [6.07, 6.45) is 4.17. The molecule has 2 heteroatoms. The minimum Gasteiger partial charge on any atom is -0.313 e. The summed E-state index contributed by atoms with van der Waals surface area (Å²) in [5, 5.41) is 8.01. The fraction of sp³-hybridized carbons (Fsp3) is 0.714. The van der Waals surface area contributed by atoms with Crippen molar-refractivity contribution in [3.05, 3.63) is 22.4 Å². The molecule has 3 unspecified atom stereocenters. The molecule has 1 N–H and O–H groups in total. The minimum absolute atomic E-state index is 0.566. The van der Waals surface area contributed by atoms with Crippen molar-refractivity contribution in [1.82, 2.24) is 5.32 Å². The van der Waals surface area contributed by atoms with Gasteiger partial charge >= 0.3 is 0 Å². The topological polar surface area (TPSA) is 12.0 Å². The Morgan fingerprint density at radius 1 is 1.25 bits per heavy atom. The van der Waals surface area contributed by atoms with Gasteiger partial charge in [-0.15, -0.1) is 0 Å². The molecule has 0 amide bonds. The maximum atomic E-state index is 3.52. The van der Waals surface area contributed by atoms with E-state index in [2.05, 4.69) is 43.0 Å².